The fourth-order valence-corrected chi connectivity index (χ4v) is 3.46. The standard InChI is InChI=1S/C20H20N2O3S/c1-12-6-5-7-13(2)18(12)21-20-22-19(23)17(26-20)10-14-8-15(24-3)11-16(9-14)25-4/h5-11H,1-4H3,(H,21,22,23)/b17-10-. The Morgan fingerprint density at radius 1 is 1.04 bits per heavy atom. The lowest BCUT2D eigenvalue weighted by Crippen LogP contribution is -2.19. The quantitative estimate of drug-likeness (QED) is 0.821. The molecule has 6 heteroatoms. The van der Waals surface area contributed by atoms with Gasteiger partial charge in [0.15, 0.2) is 5.17 Å². The number of carbonyl (C=O) groups excluding carboxylic acids is 1. The first kappa shape index (κ1) is 18.1. The summed E-state index contributed by atoms with van der Waals surface area (Å²) in [6.07, 6.45) is 1.80. The summed E-state index contributed by atoms with van der Waals surface area (Å²) in [5.41, 5.74) is 3.86. The van der Waals surface area contributed by atoms with Crippen LogP contribution in [-0.4, -0.2) is 25.3 Å². The molecule has 0 unspecified atom stereocenters. The van der Waals surface area contributed by atoms with Gasteiger partial charge in [-0.15, -0.1) is 0 Å². The van der Waals surface area contributed by atoms with Crippen LogP contribution in [0.15, 0.2) is 46.3 Å². The molecule has 1 amide bonds. The van der Waals surface area contributed by atoms with E-state index in [0.717, 1.165) is 22.4 Å². The van der Waals surface area contributed by atoms with E-state index in [1.165, 1.54) is 11.8 Å². The Morgan fingerprint density at radius 3 is 2.23 bits per heavy atom. The summed E-state index contributed by atoms with van der Waals surface area (Å²) in [6, 6.07) is 11.5. The highest BCUT2D eigenvalue weighted by Crippen LogP contribution is 2.32. The van der Waals surface area contributed by atoms with Gasteiger partial charge in [0.1, 0.15) is 11.5 Å². The van der Waals surface area contributed by atoms with Gasteiger partial charge in [0.2, 0.25) is 0 Å². The topological polar surface area (TPSA) is 59.9 Å². The molecule has 134 valence electrons. The second kappa shape index (κ2) is 7.66. The van der Waals surface area contributed by atoms with Crippen LogP contribution in [-0.2, 0) is 4.79 Å². The van der Waals surface area contributed by atoms with E-state index in [1.807, 2.05) is 44.2 Å². The molecule has 1 N–H and O–H groups in total. The number of methoxy groups -OCH3 is 2. The zero-order chi connectivity index (χ0) is 18.7. The Labute approximate surface area is 157 Å². The molecular weight excluding hydrogens is 348 g/mol. The number of thioether (sulfide) groups is 1. The second-order valence-corrected chi connectivity index (χ2v) is 6.90. The zero-order valence-corrected chi connectivity index (χ0v) is 15.9. The average Bonchev–Trinajstić information content (AvgIpc) is 2.97. The van der Waals surface area contributed by atoms with Gasteiger partial charge in [0.05, 0.1) is 24.8 Å². The largest absolute Gasteiger partial charge is 0.497 e. The highest BCUT2D eigenvalue weighted by molar-refractivity contribution is 8.18. The highest BCUT2D eigenvalue weighted by Gasteiger charge is 2.24. The van der Waals surface area contributed by atoms with Crippen LogP contribution in [0.4, 0.5) is 5.69 Å². The average molecular weight is 368 g/mol. The lowest BCUT2D eigenvalue weighted by molar-refractivity contribution is -0.115. The van der Waals surface area contributed by atoms with Gasteiger partial charge in [-0.1, -0.05) is 18.2 Å². The van der Waals surface area contributed by atoms with Crippen molar-refractivity contribution in [1.29, 1.82) is 0 Å². The Balaban J connectivity index is 1.91. The number of ether oxygens (including phenoxy) is 2. The summed E-state index contributed by atoms with van der Waals surface area (Å²) in [5, 5.41) is 3.40. The maximum atomic E-state index is 12.3. The third kappa shape index (κ3) is 3.91. The first-order chi connectivity index (χ1) is 12.5. The minimum atomic E-state index is -0.165. The smallest absolute Gasteiger partial charge is 0.264 e. The van der Waals surface area contributed by atoms with Gasteiger partial charge in [-0.05, 0) is 60.5 Å². The van der Waals surface area contributed by atoms with Crippen LogP contribution < -0.4 is 14.8 Å². The van der Waals surface area contributed by atoms with Crippen molar-refractivity contribution in [2.45, 2.75) is 13.8 Å². The van der Waals surface area contributed by atoms with Crippen molar-refractivity contribution >= 4 is 34.6 Å². The molecule has 1 aliphatic rings. The summed E-state index contributed by atoms with van der Waals surface area (Å²) in [5.74, 6) is 1.18. The fraction of sp³-hybridized carbons (Fsp3) is 0.200. The van der Waals surface area contributed by atoms with Crippen LogP contribution in [0.1, 0.15) is 16.7 Å². The maximum Gasteiger partial charge on any atom is 0.264 e. The van der Waals surface area contributed by atoms with Gasteiger partial charge in [0.25, 0.3) is 5.91 Å². The van der Waals surface area contributed by atoms with Crippen molar-refractivity contribution < 1.29 is 14.3 Å². The number of hydrogen-bond acceptors (Lipinski definition) is 5. The molecule has 0 bridgehead atoms. The van der Waals surface area contributed by atoms with E-state index in [2.05, 4.69) is 10.3 Å². The summed E-state index contributed by atoms with van der Waals surface area (Å²) in [4.78, 5) is 17.5. The number of aryl methyl sites for hydroxylation is 2. The van der Waals surface area contributed by atoms with Crippen molar-refractivity contribution in [3.63, 3.8) is 0 Å². The Hall–Kier alpha value is -2.73. The SMILES string of the molecule is COc1cc(/C=C2\SC(=Nc3c(C)cccc3C)NC2=O)cc(OC)c1. The molecule has 3 rings (SSSR count). The Bertz CT molecular complexity index is 877. The molecule has 1 saturated heterocycles. The lowest BCUT2D eigenvalue weighted by Gasteiger charge is -2.06. The van der Waals surface area contributed by atoms with Crippen LogP contribution in [0.5, 0.6) is 11.5 Å². The number of nitrogens with one attached hydrogen (secondary N) is 1. The Kier molecular flexibility index (Phi) is 5.32. The van der Waals surface area contributed by atoms with Crippen LogP contribution >= 0.6 is 11.8 Å². The number of hydrogen-bond donors (Lipinski definition) is 1. The van der Waals surface area contributed by atoms with Gasteiger partial charge in [-0.25, -0.2) is 4.99 Å². The van der Waals surface area contributed by atoms with E-state index >= 15 is 0 Å². The number of amides is 1. The number of benzene rings is 2. The molecule has 1 heterocycles. The molecule has 26 heavy (non-hydrogen) atoms. The fourth-order valence-electron chi connectivity index (χ4n) is 2.63. The monoisotopic (exact) mass is 368 g/mol. The molecule has 2 aromatic carbocycles. The number of aliphatic imine (C=N–C) groups is 1. The molecule has 0 radical (unpaired) electrons. The molecule has 0 aromatic heterocycles. The number of amidine groups is 1. The number of nitrogens with zero attached hydrogens (tertiary/aromatic N) is 1. The lowest BCUT2D eigenvalue weighted by atomic mass is 10.1. The van der Waals surface area contributed by atoms with Crippen LogP contribution in [0, 0.1) is 13.8 Å². The number of rotatable bonds is 4. The van der Waals surface area contributed by atoms with Gasteiger partial charge in [-0.3, -0.25) is 4.79 Å². The first-order valence-electron chi connectivity index (χ1n) is 8.09. The molecule has 0 atom stereocenters. The number of para-hydroxylation sites is 1. The van der Waals surface area contributed by atoms with E-state index in [-0.39, 0.29) is 5.91 Å². The molecule has 0 saturated carbocycles. The van der Waals surface area contributed by atoms with Crippen molar-refractivity contribution in [1.82, 2.24) is 5.32 Å². The molecule has 0 spiro atoms. The van der Waals surface area contributed by atoms with Crippen LogP contribution in [0.3, 0.4) is 0 Å². The first-order valence-corrected chi connectivity index (χ1v) is 8.90. The van der Waals surface area contributed by atoms with E-state index in [9.17, 15) is 4.79 Å². The molecular formula is C20H20N2O3S. The van der Waals surface area contributed by atoms with E-state index < -0.39 is 0 Å². The predicted molar refractivity (Wildman–Crippen MR) is 106 cm³/mol. The minimum absolute atomic E-state index is 0.165. The van der Waals surface area contributed by atoms with Crippen LogP contribution in [0.2, 0.25) is 0 Å². The molecule has 1 aliphatic heterocycles. The third-order valence-electron chi connectivity index (χ3n) is 3.98. The van der Waals surface area contributed by atoms with E-state index in [4.69, 9.17) is 9.47 Å². The Morgan fingerprint density at radius 2 is 1.65 bits per heavy atom. The summed E-state index contributed by atoms with van der Waals surface area (Å²) < 4.78 is 10.5. The van der Waals surface area contributed by atoms with Gasteiger partial charge in [-0.2, -0.15) is 0 Å². The highest BCUT2D eigenvalue weighted by atomic mass is 32.2. The molecule has 0 aliphatic carbocycles. The van der Waals surface area contributed by atoms with Crippen molar-refractivity contribution in [3.8, 4) is 11.5 Å². The van der Waals surface area contributed by atoms with Gasteiger partial charge < -0.3 is 14.8 Å². The summed E-state index contributed by atoms with van der Waals surface area (Å²) in [7, 11) is 3.19. The minimum Gasteiger partial charge on any atom is -0.497 e. The molecule has 5 nitrogen and oxygen atoms in total. The predicted octanol–water partition coefficient (Wildman–Crippen LogP) is 4.21. The van der Waals surface area contributed by atoms with Crippen molar-refractivity contribution in [2.24, 2.45) is 4.99 Å². The van der Waals surface area contributed by atoms with Crippen molar-refractivity contribution in [2.75, 3.05) is 14.2 Å². The van der Waals surface area contributed by atoms with Gasteiger partial charge in [0, 0.05) is 6.07 Å². The second-order valence-electron chi connectivity index (χ2n) is 5.87. The van der Waals surface area contributed by atoms with Gasteiger partial charge >= 0.3 is 0 Å². The molecule has 1 fully saturated rings. The third-order valence-corrected chi connectivity index (χ3v) is 4.89. The normalized spacial score (nSPS) is 16.8. The zero-order valence-electron chi connectivity index (χ0n) is 15.1. The van der Waals surface area contributed by atoms with E-state index in [0.29, 0.717) is 21.6 Å². The number of carbonyl (C=O) groups is 1. The maximum absolute atomic E-state index is 12.3. The molecule has 2 aromatic rings. The summed E-state index contributed by atoms with van der Waals surface area (Å²) >= 11 is 1.32. The van der Waals surface area contributed by atoms with Crippen molar-refractivity contribution in [3.05, 3.63) is 58.0 Å². The van der Waals surface area contributed by atoms with E-state index in [1.54, 1.807) is 26.4 Å². The summed E-state index contributed by atoms with van der Waals surface area (Å²) in [6.45, 7) is 4.01. The van der Waals surface area contributed by atoms with Crippen LogP contribution in [0.25, 0.3) is 6.08 Å².